The first-order valence-corrected chi connectivity index (χ1v) is 4.70. The van der Waals surface area contributed by atoms with Crippen LogP contribution in [0.25, 0.3) is 11.1 Å². The maximum atomic E-state index is 11.0. The molecule has 0 aliphatic rings. The summed E-state index contributed by atoms with van der Waals surface area (Å²) in [6.45, 7) is 0.223. The smallest absolute Gasteiger partial charge is 0.335 e. The van der Waals surface area contributed by atoms with Gasteiger partial charge in [-0.05, 0) is 11.6 Å². The van der Waals surface area contributed by atoms with Crippen LogP contribution in [-0.4, -0.2) is 0 Å². The first-order valence-electron chi connectivity index (χ1n) is 4.70. The normalized spacial score (nSPS) is 10.2. The van der Waals surface area contributed by atoms with Crippen LogP contribution < -0.4 is 11.4 Å². The molecule has 3 nitrogen and oxygen atoms in total. The van der Waals surface area contributed by atoms with Gasteiger partial charge < -0.3 is 10.2 Å². The number of hydrogen-bond acceptors (Lipinski definition) is 3. The van der Waals surface area contributed by atoms with Crippen LogP contribution in [-0.2, 0) is 6.54 Å². The molecule has 0 saturated heterocycles. The minimum atomic E-state index is -0.366. The SMILES string of the molecule is NCc1oc(=O)ccc1-c1ccccc1. The summed E-state index contributed by atoms with van der Waals surface area (Å²) in [4.78, 5) is 11.0. The highest BCUT2D eigenvalue weighted by Crippen LogP contribution is 2.21. The van der Waals surface area contributed by atoms with Crippen molar-refractivity contribution in [3.8, 4) is 11.1 Å². The maximum absolute atomic E-state index is 11.0. The first kappa shape index (κ1) is 9.68. The van der Waals surface area contributed by atoms with E-state index in [1.165, 1.54) is 6.07 Å². The average Bonchev–Trinajstić information content (AvgIpc) is 2.30. The topological polar surface area (TPSA) is 56.2 Å². The van der Waals surface area contributed by atoms with Crippen LogP contribution in [0.4, 0.5) is 0 Å². The first-order chi connectivity index (χ1) is 7.31. The maximum Gasteiger partial charge on any atom is 0.335 e. The van der Waals surface area contributed by atoms with Crippen molar-refractivity contribution < 1.29 is 4.42 Å². The highest BCUT2D eigenvalue weighted by molar-refractivity contribution is 5.64. The van der Waals surface area contributed by atoms with Crippen molar-refractivity contribution in [1.82, 2.24) is 0 Å². The zero-order chi connectivity index (χ0) is 10.7. The molecule has 1 aromatic carbocycles. The Kier molecular flexibility index (Phi) is 2.65. The molecule has 0 atom stereocenters. The van der Waals surface area contributed by atoms with Gasteiger partial charge in [-0.3, -0.25) is 0 Å². The molecule has 1 aromatic heterocycles. The summed E-state index contributed by atoms with van der Waals surface area (Å²) in [6.07, 6.45) is 0. The quantitative estimate of drug-likeness (QED) is 0.805. The van der Waals surface area contributed by atoms with Crippen LogP contribution in [0.1, 0.15) is 5.76 Å². The van der Waals surface area contributed by atoms with Crippen molar-refractivity contribution in [2.75, 3.05) is 0 Å². The number of nitrogens with two attached hydrogens (primary N) is 1. The van der Waals surface area contributed by atoms with Crippen LogP contribution in [0.3, 0.4) is 0 Å². The van der Waals surface area contributed by atoms with E-state index in [9.17, 15) is 4.79 Å². The monoisotopic (exact) mass is 201 g/mol. The molecule has 15 heavy (non-hydrogen) atoms. The van der Waals surface area contributed by atoms with Crippen molar-refractivity contribution in [3.05, 3.63) is 58.6 Å². The lowest BCUT2D eigenvalue weighted by Gasteiger charge is -2.04. The van der Waals surface area contributed by atoms with Crippen molar-refractivity contribution >= 4 is 0 Å². The number of hydrogen-bond donors (Lipinski definition) is 1. The van der Waals surface area contributed by atoms with Gasteiger partial charge in [-0.15, -0.1) is 0 Å². The van der Waals surface area contributed by atoms with Crippen LogP contribution in [0.5, 0.6) is 0 Å². The Balaban J connectivity index is 2.58. The molecule has 0 saturated carbocycles. The highest BCUT2D eigenvalue weighted by Gasteiger charge is 2.05. The summed E-state index contributed by atoms with van der Waals surface area (Å²) < 4.78 is 5.03. The Morgan fingerprint density at radius 3 is 2.47 bits per heavy atom. The van der Waals surface area contributed by atoms with Gasteiger partial charge in [0.05, 0.1) is 6.54 Å². The van der Waals surface area contributed by atoms with Crippen molar-refractivity contribution in [2.45, 2.75) is 6.54 Å². The van der Waals surface area contributed by atoms with Crippen LogP contribution in [0, 0.1) is 0 Å². The second-order valence-electron chi connectivity index (χ2n) is 3.16. The second kappa shape index (κ2) is 4.11. The summed E-state index contributed by atoms with van der Waals surface area (Å²) in [7, 11) is 0. The molecular weight excluding hydrogens is 190 g/mol. The van der Waals surface area contributed by atoms with E-state index in [-0.39, 0.29) is 12.2 Å². The zero-order valence-corrected chi connectivity index (χ0v) is 8.14. The molecule has 0 amide bonds. The standard InChI is InChI=1S/C12H11NO2/c13-8-11-10(6-7-12(14)15-11)9-4-2-1-3-5-9/h1-7H,8,13H2. The van der Waals surface area contributed by atoms with Gasteiger partial charge >= 0.3 is 5.63 Å². The molecule has 0 aliphatic heterocycles. The average molecular weight is 201 g/mol. The molecule has 0 bridgehead atoms. The molecule has 2 aromatic rings. The molecule has 1 heterocycles. The summed E-state index contributed by atoms with van der Waals surface area (Å²) in [6, 6.07) is 12.8. The summed E-state index contributed by atoms with van der Waals surface area (Å²) in [5.74, 6) is 0.522. The molecule has 76 valence electrons. The Labute approximate surface area is 87.2 Å². The molecule has 2 N–H and O–H groups in total. The Hall–Kier alpha value is -1.87. The molecule has 0 fully saturated rings. The van der Waals surface area contributed by atoms with E-state index in [1.807, 2.05) is 30.3 Å². The predicted molar refractivity (Wildman–Crippen MR) is 58.3 cm³/mol. The molecular formula is C12H11NO2. The lowest BCUT2D eigenvalue weighted by Crippen LogP contribution is -2.05. The summed E-state index contributed by atoms with van der Waals surface area (Å²) in [5.41, 5.74) is 7.03. The molecule has 3 heteroatoms. The molecule has 2 rings (SSSR count). The van der Waals surface area contributed by atoms with E-state index in [1.54, 1.807) is 6.07 Å². The lowest BCUT2D eigenvalue weighted by atomic mass is 10.1. The van der Waals surface area contributed by atoms with Crippen LogP contribution in [0.2, 0.25) is 0 Å². The fourth-order valence-corrected chi connectivity index (χ4v) is 1.48. The van der Waals surface area contributed by atoms with E-state index in [0.717, 1.165) is 11.1 Å². The van der Waals surface area contributed by atoms with Crippen LogP contribution in [0.15, 0.2) is 51.7 Å². The minimum Gasteiger partial charge on any atom is -0.426 e. The van der Waals surface area contributed by atoms with Crippen molar-refractivity contribution in [2.24, 2.45) is 5.73 Å². The Bertz CT molecular complexity index is 503. The molecule has 0 radical (unpaired) electrons. The van der Waals surface area contributed by atoms with Gasteiger partial charge in [0.1, 0.15) is 5.76 Å². The third-order valence-corrected chi connectivity index (χ3v) is 2.18. The largest absolute Gasteiger partial charge is 0.426 e. The van der Waals surface area contributed by atoms with E-state index < -0.39 is 0 Å². The Morgan fingerprint density at radius 1 is 1.07 bits per heavy atom. The van der Waals surface area contributed by atoms with Gasteiger partial charge in [0, 0.05) is 11.6 Å². The van der Waals surface area contributed by atoms with Gasteiger partial charge in [0.2, 0.25) is 0 Å². The number of benzene rings is 1. The Morgan fingerprint density at radius 2 is 1.80 bits per heavy atom. The van der Waals surface area contributed by atoms with Gasteiger partial charge in [-0.1, -0.05) is 30.3 Å². The zero-order valence-electron chi connectivity index (χ0n) is 8.14. The summed E-state index contributed by atoms with van der Waals surface area (Å²) >= 11 is 0. The molecule has 0 spiro atoms. The minimum absolute atomic E-state index is 0.223. The van der Waals surface area contributed by atoms with E-state index >= 15 is 0 Å². The highest BCUT2D eigenvalue weighted by atomic mass is 16.4. The lowest BCUT2D eigenvalue weighted by molar-refractivity contribution is 0.464. The van der Waals surface area contributed by atoms with Crippen LogP contribution >= 0.6 is 0 Å². The fourth-order valence-electron chi connectivity index (χ4n) is 1.48. The number of rotatable bonds is 2. The predicted octanol–water partition coefficient (Wildman–Crippen LogP) is 1.77. The second-order valence-corrected chi connectivity index (χ2v) is 3.16. The fraction of sp³-hybridized carbons (Fsp3) is 0.0833. The third-order valence-electron chi connectivity index (χ3n) is 2.18. The van der Waals surface area contributed by atoms with Gasteiger partial charge in [0.15, 0.2) is 0 Å². The van der Waals surface area contributed by atoms with Crippen molar-refractivity contribution in [3.63, 3.8) is 0 Å². The summed E-state index contributed by atoms with van der Waals surface area (Å²) in [5, 5.41) is 0. The van der Waals surface area contributed by atoms with E-state index in [4.69, 9.17) is 10.2 Å². The van der Waals surface area contributed by atoms with Gasteiger partial charge in [-0.2, -0.15) is 0 Å². The molecule has 0 aliphatic carbocycles. The third kappa shape index (κ3) is 1.97. The van der Waals surface area contributed by atoms with Gasteiger partial charge in [0.25, 0.3) is 0 Å². The van der Waals surface area contributed by atoms with Crippen molar-refractivity contribution in [1.29, 1.82) is 0 Å². The van der Waals surface area contributed by atoms with E-state index in [0.29, 0.717) is 5.76 Å². The van der Waals surface area contributed by atoms with Gasteiger partial charge in [-0.25, -0.2) is 4.79 Å². The van der Waals surface area contributed by atoms with E-state index in [2.05, 4.69) is 0 Å². The molecule has 0 unspecified atom stereocenters.